The van der Waals surface area contributed by atoms with E-state index in [9.17, 15) is 13.2 Å². The van der Waals surface area contributed by atoms with Crippen LogP contribution in [0.1, 0.15) is 16.7 Å². The van der Waals surface area contributed by atoms with E-state index in [4.69, 9.17) is 9.97 Å². The average Bonchev–Trinajstić information content (AvgIpc) is 2.80. The summed E-state index contributed by atoms with van der Waals surface area (Å²) < 4.78 is 39.8. The minimum absolute atomic E-state index is 0.298. The Morgan fingerprint density at radius 3 is 2.18 bits per heavy atom. The Kier molecular flexibility index (Phi) is 5.65. The monoisotopic (exact) mass is 475 g/mol. The van der Waals surface area contributed by atoms with E-state index in [0.29, 0.717) is 22.0 Å². The Balaban J connectivity index is 1.65. The molecule has 0 bridgehead atoms. The molecule has 5 rings (SSSR count). The summed E-state index contributed by atoms with van der Waals surface area (Å²) in [5.74, 6) is 0.410. The van der Waals surface area contributed by atoms with Crippen molar-refractivity contribution in [1.82, 2.24) is 9.97 Å². The van der Waals surface area contributed by atoms with Crippen LogP contribution in [-0.4, -0.2) is 9.97 Å². The molecule has 0 aliphatic rings. The third-order valence-corrected chi connectivity index (χ3v) is 6.64. The summed E-state index contributed by atoms with van der Waals surface area (Å²) in [6.07, 6.45) is -4.43. The predicted octanol–water partition coefficient (Wildman–Crippen LogP) is 8.31. The third kappa shape index (κ3) is 4.56. The molecule has 5 aromatic rings. The van der Waals surface area contributed by atoms with Gasteiger partial charge in [0.15, 0.2) is 5.82 Å². The van der Waals surface area contributed by atoms with E-state index in [1.165, 1.54) is 17.8 Å². The molecule has 0 saturated carbocycles. The number of alkyl halides is 3. The van der Waals surface area contributed by atoms with Crippen LogP contribution in [0, 0.1) is 13.8 Å². The number of nitrogens with one attached hydrogen (secondary N) is 1. The van der Waals surface area contributed by atoms with E-state index in [1.807, 2.05) is 62.4 Å². The zero-order valence-corrected chi connectivity index (χ0v) is 19.3. The summed E-state index contributed by atoms with van der Waals surface area (Å²) in [4.78, 5) is 10.7. The van der Waals surface area contributed by atoms with Crippen molar-refractivity contribution in [2.24, 2.45) is 0 Å². The van der Waals surface area contributed by atoms with Crippen molar-refractivity contribution in [3.8, 4) is 0 Å². The molecule has 34 heavy (non-hydrogen) atoms. The molecular formula is C27H20F3N3S. The summed E-state index contributed by atoms with van der Waals surface area (Å²) in [7, 11) is 0. The quantitative estimate of drug-likeness (QED) is 0.265. The second-order valence-corrected chi connectivity index (χ2v) is 9.17. The van der Waals surface area contributed by atoms with E-state index in [1.54, 1.807) is 6.07 Å². The number of hydrogen-bond acceptors (Lipinski definition) is 4. The SMILES string of the molecule is Cc1ccc(C)c(Sc2nc3cc4ccccc4cc3nc2Nc2cccc(C(F)(F)F)c2)c1. The van der Waals surface area contributed by atoms with Gasteiger partial charge in [-0.3, -0.25) is 0 Å². The Bertz CT molecular complexity index is 1530. The van der Waals surface area contributed by atoms with Crippen LogP contribution in [0.15, 0.2) is 88.8 Å². The van der Waals surface area contributed by atoms with E-state index >= 15 is 0 Å². The number of benzene rings is 4. The molecule has 0 aliphatic carbocycles. The Labute approximate surface area is 199 Å². The number of aromatic nitrogens is 2. The maximum atomic E-state index is 13.3. The highest BCUT2D eigenvalue weighted by Crippen LogP contribution is 2.37. The number of halogens is 3. The van der Waals surface area contributed by atoms with Gasteiger partial charge in [0.1, 0.15) is 5.03 Å². The van der Waals surface area contributed by atoms with Crippen LogP contribution in [-0.2, 0) is 6.18 Å². The van der Waals surface area contributed by atoms with Gasteiger partial charge in [0.25, 0.3) is 0 Å². The molecule has 1 heterocycles. The first kappa shape index (κ1) is 22.2. The normalized spacial score (nSPS) is 11.8. The molecule has 0 amide bonds. The van der Waals surface area contributed by atoms with Crippen LogP contribution in [0.25, 0.3) is 21.8 Å². The summed E-state index contributed by atoms with van der Waals surface area (Å²) in [6.45, 7) is 4.03. The molecule has 170 valence electrons. The van der Waals surface area contributed by atoms with Gasteiger partial charge >= 0.3 is 6.18 Å². The molecule has 0 spiro atoms. The summed E-state index contributed by atoms with van der Waals surface area (Å²) in [5.41, 5.74) is 3.16. The van der Waals surface area contributed by atoms with Crippen molar-refractivity contribution >= 4 is 45.1 Å². The lowest BCUT2D eigenvalue weighted by Crippen LogP contribution is -2.06. The first-order chi connectivity index (χ1) is 16.3. The highest BCUT2D eigenvalue weighted by atomic mass is 32.2. The zero-order valence-electron chi connectivity index (χ0n) is 18.4. The second kappa shape index (κ2) is 8.65. The van der Waals surface area contributed by atoms with E-state index in [-0.39, 0.29) is 0 Å². The molecule has 4 aromatic carbocycles. The zero-order chi connectivity index (χ0) is 23.9. The number of hydrogen-bond donors (Lipinski definition) is 1. The topological polar surface area (TPSA) is 37.8 Å². The average molecular weight is 476 g/mol. The van der Waals surface area contributed by atoms with E-state index < -0.39 is 11.7 Å². The second-order valence-electron chi connectivity index (χ2n) is 8.14. The Hall–Kier alpha value is -3.58. The van der Waals surface area contributed by atoms with Gasteiger partial charge in [-0.25, -0.2) is 9.97 Å². The number of fused-ring (bicyclic) bond motifs is 2. The Morgan fingerprint density at radius 1 is 0.765 bits per heavy atom. The van der Waals surface area contributed by atoms with Gasteiger partial charge in [0, 0.05) is 10.6 Å². The number of anilines is 2. The van der Waals surface area contributed by atoms with Crippen LogP contribution in [0.2, 0.25) is 0 Å². The van der Waals surface area contributed by atoms with Gasteiger partial charge in [-0.1, -0.05) is 54.2 Å². The number of nitrogens with zero attached hydrogens (tertiary/aromatic N) is 2. The molecular weight excluding hydrogens is 455 g/mol. The molecule has 1 N–H and O–H groups in total. The maximum absolute atomic E-state index is 13.3. The molecule has 0 radical (unpaired) electrons. The lowest BCUT2D eigenvalue weighted by atomic mass is 10.1. The predicted molar refractivity (Wildman–Crippen MR) is 132 cm³/mol. The first-order valence-electron chi connectivity index (χ1n) is 10.7. The van der Waals surface area contributed by atoms with Crippen molar-refractivity contribution in [1.29, 1.82) is 0 Å². The minimum atomic E-state index is -4.43. The summed E-state index contributed by atoms with van der Waals surface area (Å²) >= 11 is 1.45. The van der Waals surface area contributed by atoms with E-state index in [0.717, 1.165) is 44.4 Å². The van der Waals surface area contributed by atoms with Crippen molar-refractivity contribution < 1.29 is 13.2 Å². The van der Waals surface area contributed by atoms with E-state index in [2.05, 4.69) is 11.4 Å². The lowest BCUT2D eigenvalue weighted by molar-refractivity contribution is -0.137. The number of aryl methyl sites for hydroxylation is 2. The fraction of sp³-hybridized carbons (Fsp3) is 0.111. The van der Waals surface area contributed by atoms with Crippen molar-refractivity contribution in [2.75, 3.05) is 5.32 Å². The van der Waals surface area contributed by atoms with Crippen molar-refractivity contribution in [2.45, 2.75) is 29.9 Å². The summed E-state index contributed by atoms with van der Waals surface area (Å²) in [5, 5.41) is 5.74. The Morgan fingerprint density at radius 2 is 1.47 bits per heavy atom. The van der Waals surface area contributed by atoms with Gasteiger partial charge in [0.05, 0.1) is 16.6 Å². The summed E-state index contributed by atoms with van der Waals surface area (Å²) in [6, 6.07) is 23.1. The highest BCUT2D eigenvalue weighted by Gasteiger charge is 2.30. The largest absolute Gasteiger partial charge is 0.416 e. The van der Waals surface area contributed by atoms with Gasteiger partial charge in [0.2, 0.25) is 0 Å². The van der Waals surface area contributed by atoms with Gasteiger partial charge < -0.3 is 5.32 Å². The highest BCUT2D eigenvalue weighted by molar-refractivity contribution is 7.99. The fourth-order valence-corrected chi connectivity index (χ4v) is 4.73. The van der Waals surface area contributed by atoms with Crippen LogP contribution in [0.3, 0.4) is 0 Å². The molecule has 0 aliphatic heterocycles. The molecule has 3 nitrogen and oxygen atoms in total. The maximum Gasteiger partial charge on any atom is 0.416 e. The molecule has 0 saturated heterocycles. The molecule has 0 fully saturated rings. The molecule has 0 atom stereocenters. The number of rotatable bonds is 4. The first-order valence-corrected chi connectivity index (χ1v) is 11.5. The molecule has 7 heteroatoms. The van der Waals surface area contributed by atoms with Crippen molar-refractivity contribution in [3.05, 3.63) is 95.6 Å². The lowest BCUT2D eigenvalue weighted by Gasteiger charge is -2.14. The standard InChI is InChI=1S/C27H20F3N3S/c1-16-10-11-17(2)24(12-16)34-26-25(31-21-9-5-8-20(15-21)27(28,29)30)32-22-13-18-6-3-4-7-19(18)14-23(22)33-26/h3-15H,1-2H3,(H,31,32). The van der Waals surface area contributed by atoms with Gasteiger partial charge in [-0.2, -0.15) is 13.2 Å². The van der Waals surface area contributed by atoms with Crippen LogP contribution >= 0.6 is 11.8 Å². The smallest absolute Gasteiger partial charge is 0.338 e. The fourth-order valence-electron chi connectivity index (χ4n) is 3.71. The minimum Gasteiger partial charge on any atom is -0.338 e. The van der Waals surface area contributed by atoms with Crippen LogP contribution in [0.4, 0.5) is 24.7 Å². The van der Waals surface area contributed by atoms with Gasteiger partial charge in [-0.05, 0) is 72.1 Å². The third-order valence-electron chi connectivity index (χ3n) is 5.50. The molecule has 0 unspecified atom stereocenters. The van der Waals surface area contributed by atoms with Crippen molar-refractivity contribution in [3.63, 3.8) is 0 Å². The van der Waals surface area contributed by atoms with Crippen LogP contribution < -0.4 is 5.32 Å². The van der Waals surface area contributed by atoms with Crippen LogP contribution in [0.5, 0.6) is 0 Å². The molecule has 1 aromatic heterocycles. The van der Waals surface area contributed by atoms with Gasteiger partial charge in [-0.15, -0.1) is 0 Å².